The lowest BCUT2D eigenvalue weighted by Crippen LogP contribution is -2.25. The predicted molar refractivity (Wildman–Crippen MR) is 116 cm³/mol. The van der Waals surface area contributed by atoms with E-state index in [0.29, 0.717) is 10.2 Å². The molecule has 1 aromatic carbocycles. The van der Waals surface area contributed by atoms with E-state index in [-0.39, 0.29) is 29.7 Å². The second-order valence-electron chi connectivity index (χ2n) is 6.80. The van der Waals surface area contributed by atoms with Crippen LogP contribution in [0.4, 0.5) is 18.9 Å². The van der Waals surface area contributed by atoms with Gasteiger partial charge in [-0.3, -0.25) is 4.79 Å². The van der Waals surface area contributed by atoms with Gasteiger partial charge in [0.1, 0.15) is 0 Å². The first-order valence-electron chi connectivity index (χ1n) is 9.56. The molecule has 0 radical (unpaired) electrons. The van der Waals surface area contributed by atoms with Gasteiger partial charge in [-0.2, -0.15) is 18.3 Å². The van der Waals surface area contributed by atoms with Crippen LogP contribution in [0.3, 0.4) is 0 Å². The number of nitrogens with zero attached hydrogens (tertiary/aromatic N) is 4. The summed E-state index contributed by atoms with van der Waals surface area (Å²) in [5, 5.41) is 13.3. The van der Waals surface area contributed by atoms with Crippen LogP contribution < -0.4 is 14.8 Å². The summed E-state index contributed by atoms with van der Waals surface area (Å²) in [6.45, 7) is 3.50. The van der Waals surface area contributed by atoms with E-state index < -0.39 is 33.4 Å². The number of methoxy groups -OCH3 is 1. The number of sulfonamides is 1. The molecular formula is C20H19F3N6O4S. The lowest BCUT2D eigenvalue weighted by Gasteiger charge is -2.12. The number of carbonyl (C=O) groups excluding carboxylic acids is 1. The van der Waals surface area contributed by atoms with Gasteiger partial charge in [-0.15, -0.1) is 16.8 Å². The summed E-state index contributed by atoms with van der Waals surface area (Å²) < 4.78 is 72.8. The minimum atomic E-state index is -4.93. The van der Waals surface area contributed by atoms with Gasteiger partial charge in [0.25, 0.3) is 5.91 Å². The van der Waals surface area contributed by atoms with Gasteiger partial charge in [-0.1, -0.05) is 18.2 Å². The average molecular weight is 496 g/mol. The lowest BCUT2D eigenvalue weighted by molar-refractivity contribution is -0.143. The number of amides is 1. The molecular weight excluding hydrogens is 477 g/mol. The van der Waals surface area contributed by atoms with Crippen LogP contribution in [0, 0.1) is 0 Å². The SMILES string of the molecule is C=CCNS(=O)(=O)Cc1ccc(NC(=O)c2cnn(-c3ccc(OC)nn3)c2C(F)(F)F)cc1. The van der Waals surface area contributed by atoms with Crippen molar-refractivity contribution in [2.75, 3.05) is 19.0 Å². The van der Waals surface area contributed by atoms with E-state index in [2.05, 4.69) is 31.9 Å². The van der Waals surface area contributed by atoms with Crippen LogP contribution in [0.15, 0.2) is 55.3 Å². The molecule has 2 heterocycles. The minimum absolute atomic E-state index is 0.0772. The maximum absolute atomic E-state index is 13.8. The molecule has 0 aliphatic heterocycles. The van der Waals surface area contributed by atoms with Gasteiger partial charge in [0, 0.05) is 18.3 Å². The summed E-state index contributed by atoms with van der Waals surface area (Å²) in [5.41, 5.74) is -1.49. The molecule has 34 heavy (non-hydrogen) atoms. The molecule has 3 rings (SSSR count). The number of carbonyl (C=O) groups is 1. The quantitative estimate of drug-likeness (QED) is 0.436. The molecule has 2 aromatic heterocycles. The Hall–Kier alpha value is -3.78. The molecule has 0 fully saturated rings. The molecule has 0 aliphatic carbocycles. The number of nitrogens with one attached hydrogen (secondary N) is 2. The molecule has 14 heteroatoms. The smallest absolute Gasteiger partial charge is 0.434 e. The van der Waals surface area contributed by atoms with Gasteiger partial charge in [0.2, 0.25) is 15.9 Å². The Morgan fingerprint density at radius 2 is 1.88 bits per heavy atom. The Morgan fingerprint density at radius 1 is 1.18 bits per heavy atom. The third-order valence-corrected chi connectivity index (χ3v) is 5.67. The van der Waals surface area contributed by atoms with Crippen LogP contribution in [0.2, 0.25) is 0 Å². The molecule has 0 unspecified atom stereocenters. The number of hydrogen-bond donors (Lipinski definition) is 2. The van der Waals surface area contributed by atoms with Crippen molar-refractivity contribution in [3.63, 3.8) is 0 Å². The first-order valence-corrected chi connectivity index (χ1v) is 11.2. The molecule has 3 aromatic rings. The van der Waals surface area contributed by atoms with E-state index in [9.17, 15) is 26.4 Å². The Morgan fingerprint density at radius 3 is 2.44 bits per heavy atom. The first-order chi connectivity index (χ1) is 16.0. The number of hydrogen-bond acceptors (Lipinski definition) is 7. The van der Waals surface area contributed by atoms with Crippen LogP contribution in [-0.2, 0) is 22.0 Å². The Bertz CT molecular complexity index is 1270. The number of anilines is 1. The third-order valence-electron chi connectivity index (χ3n) is 4.35. The van der Waals surface area contributed by atoms with Crippen molar-refractivity contribution in [2.24, 2.45) is 0 Å². The summed E-state index contributed by atoms with van der Waals surface area (Å²) in [4.78, 5) is 12.6. The van der Waals surface area contributed by atoms with Crippen LogP contribution >= 0.6 is 0 Å². The highest BCUT2D eigenvalue weighted by atomic mass is 32.2. The van der Waals surface area contributed by atoms with Crippen molar-refractivity contribution in [3.05, 3.63) is 72.1 Å². The zero-order chi connectivity index (χ0) is 24.9. The van der Waals surface area contributed by atoms with E-state index in [1.807, 2.05) is 0 Å². The molecule has 0 saturated heterocycles. The Balaban J connectivity index is 1.82. The van der Waals surface area contributed by atoms with Crippen LogP contribution in [0.5, 0.6) is 5.88 Å². The second-order valence-corrected chi connectivity index (χ2v) is 8.60. The molecule has 2 N–H and O–H groups in total. The fraction of sp³-hybridized carbons (Fsp3) is 0.200. The van der Waals surface area contributed by atoms with Gasteiger partial charge in [0.15, 0.2) is 11.5 Å². The number of alkyl halides is 3. The maximum Gasteiger partial charge on any atom is 0.434 e. The summed E-state index contributed by atoms with van der Waals surface area (Å²) in [7, 11) is -2.26. The topological polar surface area (TPSA) is 128 Å². The maximum atomic E-state index is 13.8. The molecule has 0 saturated carbocycles. The van der Waals surface area contributed by atoms with E-state index in [1.165, 1.54) is 49.6 Å². The van der Waals surface area contributed by atoms with Crippen LogP contribution in [0.25, 0.3) is 5.82 Å². The van der Waals surface area contributed by atoms with Gasteiger partial charge in [0.05, 0.1) is 24.6 Å². The fourth-order valence-corrected chi connectivity index (χ4v) is 3.94. The highest BCUT2D eigenvalue weighted by Crippen LogP contribution is 2.33. The van der Waals surface area contributed by atoms with Crippen molar-refractivity contribution in [2.45, 2.75) is 11.9 Å². The number of benzene rings is 1. The second kappa shape index (κ2) is 10.0. The minimum Gasteiger partial charge on any atom is -0.480 e. The standard InChI is InChI=1S/C20H19F3N6O4S/c1-3-10-25-34(31,32)12-13-4-6-14(7-5-13)26-19(30)15-11-24-29(18(15)20(21,22)23)16-8-9-17(33-2)28-27-16/h3-9,11,25H,1,10,12H2,2H3,(H,26,30). The molecule has 10 nitrogen and oxygen atoms in total. The summed E-state index contributed by atoms with van der Waals surface area (Å²) in [6, 6.07) is 8.14. The van der Waals surface area contributed by atoms with Gasteiger partial charge in [-0.05, 0) is 23.8 Å². The number of aromatic nitrogens is 4. The van der Waals surface area contributed by atoms with Gasteiger partial charge < -0.3 is 10.1 Å². The zero-order valence-electron chi connectivity index (χ0n) is 17.7. The van der Waals surface area contributed by atoms with Gasteiger partial charge in [-0.25, -0.2) is 17.8 Å². The van der Waals surface area contributed by atoms with Crippen molar-refractivity contribution in [3.8, 4) is 11.7 Å². The molecule has 180 valence electrons. The molecule has 1 amide bonds. The highest BCUT2D eigenvalue weighted by Gasteiger charge is 2.41. The molecule has 0 aliphatic rings. The lowest BCUT2D eigenvalue weighted by atomic mass is 10.2. The Labute approximate surface area is 192 Å². The Kier molecular flexibility index (Phi) is 7.32. The van der Waals surface area contributed by atoms with E-state index >= 15 is 0 Å². The summed E-state index contributed by atoms with van der Waals surface area (Å²) in [5.74, 6) is -1.55. The summed E-state index contributed by atoms with van der Waals surface area (Å²) in [6.07, 6.45) is -2.76. The largest absolute Gasteiger partial charge is 0.480 e. The fourth-order valence-electron chi connectivity index (χ4n) is 2.83. The van der Waals surface area contributed by atoms with Crippen LogP contribution in [-0.4, -0.2) is 48.0 Å². The first kappa shape index (κ1) is 24.9. The molecule has 0 spiro atoms. The molecule has 0 atom stereocenters. The van der Waals surface area contributed by atoms with Gasteiger partial charge >= 0.3 is 6.18 Å². The number of rotatable bonds is 9. The van der Waals surface area contributed by atoms with E-state index in [4.69, 9.17) is 4.74 Å². The normalized spacial score (nSPS) is 11.8. The summed E-state index contributed by atoms with van der Waals surface area (Å²) >= 11 is 0. The van der Waals surface area contributed by atoms with Crippen LogP contribution in [0.1, 0.15) is 21.6 Å². The van der Waals surface area contributed by atoms with Crippen molar-refractivity contribution >= 4 is 21.6 Å². The highest BCUT2D eigenvalue weighted by molar-refractivity contribution is 7.88. The van der Waals surface area contributed by atoms with E-state index in [1.54, 1.807) is 0 Å². The predicted octanol–water partition coefficient (Wildman–Crippen LogP) is 2.55. The van der Waals surface area contributed by atoms with Crippen molar-refractivity contribution in [1.29, 1.82) is 0 Å². The zero-order valence-corrected chi connectivity index (χ0v) is 18.5. The monoisotopic (exact) mass is 496 g/mol. The average Bonchev–Trinajstić information content (AvgIpc) is 3.25. The number of halogens is 3. The van der Waals surface area contributed by atoms with Crippen molar-refractivity contribution in [1.82, 2.24) is 24.7 Å². The number of ether oxygens (including phenoxy) is 1. The van der Waals surface area contributed by atoms with Crippen molar-refractivity contribution < 1.29 is 31.1 Å². The van der Waals surface area contributed by atoms with E-state index in [0.717, 1.165) is 6.20 Å². The third kappa shape index (κ3) is 5.96. The molecule has 0 bridgehead atoms.